The quantitative estimate of drug-likeness (QED) is 0.450. The maximum Gasteiger partial charge on any atom is 0.330 e. The summed E-state index contributed by atoms with van der Waals surface area (Å²) in [5.41, 5.74) is 4.09. The van der Waals surface area contributed by atoms with Crippen molar-refractivity contribution in [1.82, 2.24) is 19.1 Å². The van der Waals surface area contributed by atoms with Crippen LogP contribution in [0.4, 0.5) is 11.5 Å². The number of amides is 1. The average molecular weight is 471 g/mol. The Labute approximate surface area is 194 Å². The van der Waals surface area contributed by atoms with Crippen molar-refractivity contribution in [2.45, 2.75) is 53.6 Å². The lowest BCUT2D eigenvalue weighted by Crippen LogP contribution is -2.42. The van der Waals surface area contributed by atoms with Crippen molar-refractivity contribution in [3.05, 3.63) is 65.4 Å². The lowest BCUT2D eigenvalue weighted by molar-refractivity contribution is 0.0986. The molecule has 0 atom stereocenters. The Bertz CT molecular complexity index is 1460. The molecule has 0 radical (unpaired) electrons. The molecule has 2 aromatic heterocycles. The Hall–Kier alpha value is -3.89. The molecule has 2 heterocycles. The highest BCUT2D eigenvalue weighted by Gasteiger charge is 2.25. The van der Waals surface area contributed by atoms with Crippen LogP contribution in [0.5, 0.6) is 0 Å². The molecule has 11 nitrogen and oxygen atoms in total. The maximum atomic E-state index is 13.6. The van der Waals surface area contributed by atoms with E-state index >= 15 is 0 Å². The molecule has 182 valence electrons. The van der Waals surface area contributed by atoms with Gasteiger partial charge in [-0.2, -0.15) is 0 Å². The predicted molar refractivity (Wildman–Crippen MR) is 132 cm³/mol. The molecule has 3 rings (SSSR count). The summed E-state index contributed by atoms with van der Waals surface area (Å²) < 4.78 is 2.31. The van der Waals surface area contributed by atoms with Gasteiger partial charge in [0.05, 0.1) is 10.9 Å². The third kappa shape index (κ3) is 4.59. The standard InChI is InChI=1S/C23H30N6O5/c1-5-7-10-28(17-18(24)29(12-13(3)4)23(34)26-19(17)30)20(31)14-8-9-15-16(11-14)25-22(33)27(6-2)21(15)32/h8-9,11,13H,5-7,10,12,24H2,1-4H3,(H,25,33)(H,26,30,34). The van der Waals surface area contributed by atoms with Crippen LogP contribution in [0.2, 0.25) is 0 Å². The van der Waals surface area contributed by atoms with E-state index in [0.29, 0.717) is 6.42 Å². The summed E-state index contributed by atoms with van der Waals surface area (Å²) in [6.07, 6.45) is 1.33. The molecule has 0 aliphatic carbocycles. The Balaban J connectivity index is 2.18. The summed E-state index contributed by atoms with van der Waals surface area (Å²) >= 11 is 0. The molecular formula is C23H30N6O5. The fourth-order valence-corrected chi connectivity index (χ4v) is 3.85. The van der Waals surface area contributed by atoms with Crippen molar-refractivity contribution in [2.24, 2.45) is 5.92 Å². The topological polar surface area (TPSA) is 156 Å². The normalized spacial score (nSPS) is 11.3. The van der Waals surface area contributed by atoms with Crippen LogP contribution >= 0.6 is 0 Å². The SMILES string of the molecule is CCCCN(C(=O)c1ccc2c(=O)n(CC)c(=O)[nH]c2c1)c1c(N)n(CC(C)C)c(=O)[nH]c1=O. The second-order valence-corrected chi connectivity index (χ2v) is 8.55. The molecule has 11 heteroatoms. The van der Waals surface area contributed by atoms with Gasteiger partial charge in [-0.3, -0.25) is 28.5 Å². The van der Waals surface area contributed by atoms with Gasteiger partial charge in [0.1, 0.15) is 5.82 Å². The van der Waals surface area contributed by atoms with Crippen molar-refractivity contribution in [1.29, 1.82) is 0 Å². The fourth-order valence-electron chi connectivity index (χ4n) is 3.85. The molecule has 0 fully saturated rings. The molecule has 4 N–H and O–H groups in total. The Morgan fingerprint density at radius 1 is 1.06 bits per heavy atom. The number of H-pyrrole nitrogens is 2. The van der Waals surface area contributed by atoms with Gasteiger partial charge in [-0.15, -0.1) is 0 Å². The van der Waals surface area contributed by atoms with E-state index in [4.69, 9.17) is 5.73 Å². The van der Waals surface area contributed by atoms with Crippen LogP contribution in [0.3, 0.4) is 0 Å². The molecule has 1 amide bonds. The number of fused-ring (bicyclic) bond motifs is 1. The first-order valence-corrected chi connectivity index (χ1v) is 11.3. The monoisotopic (exact) mass is 470 g/mol. The van der Waals surface area contributed by atoms with E-state index in [2.05, 4.69) is 9.97 Å². The van der Waals surface area contributed by atoms with E-state index in [1.165, 1.54) is 27.7 Å². The number of aromatic nitrogens is 4. The maximum absolute atomic E-state index is 13.6. The van der Waals surface area contributed by atoms with Crippen molar-refractivity contribution in [2.75, 3.05) is 17.2 Å². The lowest BCUT2D eigenvalue weighted by atomic mass is 10.1. The number of anilines is 2. The number of nitrogens with two attached hydrogens (primary N) is 1. The molecule has 0 aliphatic rings. The molecule has 1 aromatic carbocycles. The van der Waals surface area contributed by atoms with E-state index in [9.17, 15) is 24.0 Å². The minimum absolute atomic E-state index is 0.0722. The van der Waals surface area contributed by atoms with Crippen molar-refractivity contribution in [3.8, 4) is 0 Å². The number of nitrogens with zero attached hydrogens (tertiary/aromatic N) is 3. The van der Waals surface area contributed by atoms with E-state index in [0.717, 1.165) is 11.0 Å². The van der Waals surface area contributed by atoms with Gasteiger partial charge >= 0.3 is 11.4 Å². The first kappa shape index (κ1) is 24.7. The lowest BCUT2D eigenvalue weighted by Gasteiger charge is -2.25. The van der Waals surface area contributed by atoms with E-state index < -0.39 is 28.4 Å². The van der Waals surface area contributed by atoms with E-state index in [1.807, 2.05) is 20.8 Å². The molecule has 0 saturated carbocycles. The Morgan fingerprint density at radius 2 is 1.74 bits per heavy atom. The smallest absolute Gasteiger partial charge is 0.330 e. The Kier molecular flexibility index (Phi) is 7.23. The number of hydrogen-bond acceptors (Lipinski definition) is 6. The molecule has 34 heavy (non-hydrogen) atoms. The van der Waals surface area contributed by atoms with Crippen molar-refractivity contribution in [3.63, 3.8) is 0 Å². The van der Waals surface area contributed by atoms with Gasteiger partial charge in [0.25, 0.3) is 17.0 Å². The number of hydrogen-bond donors (Lipinski definition) is 3. The van der Waals surface area contributed by atoms with Crippen molar-refractivity contribution >= 4 is 28.3 Å². The summed E-state index contributed by atoms with van der Waals surface area (Å²) in [6, 6.07) is 4.35. The number of carbonyl (C=O) groups excluding carboxylic acids is 1. The molecule has 0 aliphatic heterocycles. The number of unbranched alkanes of at least 4 members (excludes halogenated alkanes) is 1. The fraction of sp³-hybridized carbons (Fsp3) is 0.435. The summed E-state index contributed by atoms with van der Waals surface area (Å²) in [5, 5.41) is 0.265. The summed E-state index contributed by atoms with van der Waals surface area (Å²) in [4.78, 5) is 69.6. The number of rotatable bonds is 8. The second kappa shape index (κ2) is 9.94. The second-order valence-electron chi connectivity index (χ2n) is 8.55. The Morgan fingerprint density at radius 3 is 2.35 bits per heavy atom. The summed E-state index contributed by atoms with van der Waals surface area (Å²) in [6.45, 7) is 8.10. The van der Waals surface area contributed by atoms with Crippen LogP contribution in [-0.2, 0) is 13.1 Å². The highest BCUT2D eigenvalue weighted by molar-refractivity contribution is 6.08. The summed E-state index contributed by atoms with van der Waals surface area (Å²) in [5.74, 6) is -0.558. The van der Waals surface area contributed by atoms with Gasteiger partial charge in [0, 0.05) is 25.2 Å². The van der Waals surface area contributed by atoms with Gasteiger partial charge in [-0.1, -0.05) is 27.2 Å². The van der Waals surface area contributed by atoms with Crippen LogP contribution in [0, 0.1) is 5.92 Å². The first-order valence-electron chi connectivity index (χ1n) is 11.3. The molecule has 0 saturated heterocycles. The third-order valence-corrected chi connectivity index (χ3v) is 5.56. The zero-order chi connectivity index (χ0) is 25.2. The third-order valence-electron chi connectivity index (χ3n) is 5.56. The van der Waals surface area contributed by atoms with Crippen molar-refractivity contribution < 1.29 is 4.79 Å². The number of aromatic amines is 2. The number of benzene rings is 1. The van der Waals surface area contributed by atoms with Gasteiger partial charge in [0.2, 0.25) is 0 Å². The van der Waals surface area contributed by atoms with Crippen LogP contribution in [0.15, 0.2) is 37.4 Å². The van der Waals surface area contributed by atoms with E-state index in [-0.39, 0.29) is 53.5 Å². The highest BCUT2D eigenvalue weighted by atomic mass is 16.2. The molecule has 0 spiro atoms. The first-order chi connectivity index (χ1) is 16.1. The van der Waals surface area contributed by atoms with Crippen LogP contribution in [0.25, 0.3) is 10.9 Å². The molecule has 3 aromatic rings. The van der Waals surface area contributed by atoms with E-state index in [1.54, 1.807) is 6.92 Å². The van der Waals surface area contributed by atoms with Crippen LogP contribution in [0.1, 0.15) is 50.9 Å². The molecule has 0 bridgehead atoms. The minimum atomic E-state index is -0.757. The largest absolute Gasteiger partial charge is 0.383 e. The number of carbonyl (C=O) groups is 1. The summed E-state index contributed by atoms with van der Waals surface area (Å²) in [7, 11) is 0. The average Bonchev–Trinajstić information content (AvgIpc) is 2.78. The molecule has 0 unspecified atom stereocenters. The number of nitrogen functional groups attached to an aromatic ring is 1. The predicted octanol–water partition coefficient (Wildman–Crippen LogP) is 1.24. The zero-order valence-electron chi connectivity index (χ0n) is 19.8. The van der Waals surface area contributed by atoms with Crippen LogP contribution < -0.4 is 33.1 Å². The van der Waals surface area contributed by atoms with Gasteiger partial charge in [-0.05, 0) is 37.5 Å². The number of nitrogens with one attached hydrogen (secondary N) is 2. The van der Waals surface area contributed by atoms with Gasteiger partial charge in [-0.25, -0.2) is 9.59 Å². The molecular weight excluding hydrogens is 440 g/mol. The zero-order valence-corrected chi connectivity index (χ0v) is 19.8. The highest BCUT2D eigenvalue weighted by Crippen LogP contribution is 2.22. The van der Waals surface area contributed by atoms with Crippen LogP contribution in [-0.4, -0.2) is 31.6 Å². The minimum Gasteiger partial charge on any atom is -0.383 e. The van der Waals surface area contributed by atoms with Gasteiger partial charge in [0.15, 0.2) is 5.69 Å². The van der Waals surface area contributed by atoms with Gasteiger partial charge < -0.3 is 15.6 Å².